The lowest BCUT2D eigenvalue weighted by atomic mass is 10.1. The van der Waals surface area contributed by atoms with Crippen molar-refractivity contribution in [3.8, 4) is 11.3 Å². The maximum absolute atomic E-state index is 13.0. The van der Waals surface area contributed by atoms with Gasteiger partial charge < -0.3 is 9.72 Å². The number of amides is 1. The first-order valence-electron chi connectivity index (χ1n) is 8.43. The van der Waals surface area contributed by atoms with Crippen molar-refractivity contribution in [3.05, 3.63) is 90.3 Å². The molecule has 4 nitrogen and oxygen atoms in total. The molecule has 1 amide bonds. The molecule has 0 aliphatic rings. The zero-order valence-electron chi connectivity index (χ0n) is 14.4. The van der Waals surface area contributed by atoms with Crippen LogP contribution in [0.15, 0.2) is 79.1 Å². The minimum atomic E-state index is -4.43. The first kappa shape index (κ1) is 17.8. The second-order valence-corrected chi connectivity index (χ2v) is 6.18. The Morgan fingerprint density at radius 2 is 1.75 bits per heavy atom. The van der Waals surface area contributed by atoms with E-state index in [0.717, 1.165) is 12.1 Å². The number of halogens is 3. The average molecular weight is 381 g/mol. The van der Waals surface area contributed by atoms with Crippen molar-refractivity contribution in [2.24, 2.45) is 0 Å². The van der Waals surface area contributed by atoms with Crippen LogP contribution in [0.2, 0.25) is 0 Å². The van der Waals surface area contributed by atoms with Crippen molar-refractivity contribution in [1.29, 1.82) is 0 Å². The molecular formula is C21H14F3N3O. The molecule has 140 valence electrons. The van der Waals surface area contributed by atoms with Gasteiger partial charge in [-0.3, -0.25) is 4.79 Å². The molecule has 4 rings (SSSR count). The first-order chi connectivity index (χ1) is 13.4. The molecule has 0 fully saturated rings. The number of para-hydroxylation sites is 1. The summed E-state index contributed by atoms with van der Waals surface area (Å²) in [5.74, 6) is -0.349. The van der Waals surface area contributed by atoms with Crippen molar-refractivity contribution in [2.75, 3.05) is 5.32 Å². The zero-order chi connectivity index (χ0) is 19.7. The average Bonchev–Trinajstić information content (AvgIpc) is 3.12. The van der Waals surface area contributed by atoms with Crippen LogP contribution >= 0.6 is 0 Å². The van der Waals surface area contributed by atoms with E-state index in [2.05, 4.69) is 10.3 Å². The molecule has 0 saturated heterocycles. The molecule has 0 bridgehead atoms. The Kier molecular flexibility index (Phi) is 4.35. The number of rotatable bonds is 3. The van der Waals surface area contributed by atoms with Gasteiger partial charge in [-0.25, -0.2) is 4.98 Å². The number of hydrogen-bond acceptors (Lipinski definition) is 2. The predicted molar refractivity (Wildman–Crippen MR) is 100 cm³/mol. The number of alkyl halides is 3. The monoisotopic (exact) mass is 381 g/mol. The molecular weight excluding hydrogens is 367 g/mol. The van der Waals surface area contributed by atoms with E-state index in [4.69, 9.17) is 0 Å². The van der Waals surface area contributed by atoms with E-state index in [1.54, 1.807) is 59.3 Å². The Labute approximate surface area is 158 Å². The normalized spacial score (nSPS) is 11.5. The highest BCUT2D eigenvalue weighted by Gasteiger charge is 2.30. The molecule has 0 spiro atoms. The molecule has 2 aromatic carbocycles. The van der Waals surface area contributed by atoms with Crippen LogP contribution in [0.1, 0.15) is 15.9 Å². The zero-order valence-corrected chi connectivity index (χ0v) is 14.4. The summed E-state index contributed by atoms with van der Waals surface area (Å²) >= 11 is 0. The third kappa shape index (κ3) is 3.46. The molecule has 28 heavy (non-hydrogen) atoms. The number of hydrogen-bond donors (Lipinski definition) is 1. The topological polar surface area (TPSA) is 46.4 Å². The molecule has 0 unspecified atom stereocenters. The van der Waals surface area contributed by atoms with E-state index >= 15 is 0 Å². The number of carbonyl (C=O) groups is 1. The minimum Gasteiger partial charge on any atom is -0.322 e. The van der Waals surface area contributed by atoms with Crippen LogP contribution in [0.25, 0.3) is 16.9 Å². The highest BCUT2D eigenvalue weighted by Crippen LogP contribution is 2.32. The lowest BCUT2D eigenvalue weighted by molar-refractivity contribution is -0.137. The first-order valence-corrected chi connectivity index (χ1v) is 8.43. The number of benzene rings is 2. The molecule has 7 heteroatoms. The fourth-order valence-corrected chi connectivity index (χ4v) is 2.90. The number of aromatic nitrogens is 2. The van der Waals surface area contributed by atoms with E-state index in [1.807, 2.05) is 6.07 Å². The van der Waals surface area contributed by atoms with E-state index in [-0.39, 0.29) is 5.91 Å². The standard InChI is InChI=1S/C21H14F3N3O/c22-21(23,24)15-7-4-6-14(12-15)18-13-27-11-5-10-17(19(27)26-18)20(28)25-16-8-2-1-3-9-16/h1-13H,(H,25,28). The second-order valence-electron chi connectivity index (χ2n) is 6.18. The van der Waals surface area contributed by atoms with E-state index in [0.29, 0.717) is 28.2 Å². The molecule has 0 saturated carbocycles. The Morgan fingerprint density at radius 1 is 0.964 bits per heavy atom. The van der Waals surface area contributed by atoms with Gasteiger partial charge in [0.1, 0.15) is 5.65 Å². The fourth-order valence-electron chi connectivity index (χ4n) is 2.90. The Hall–Kier alpha value is -3.61. The summed E-state index contributed by atoms with van der Waals surface area (Å²) in [6.45, 7) is 0. The van der Waals surface area contributed by atoms with Gasteiger partial charge in [0, 0.05) is 23.6 Å². The largest absolute Gasteiger partial charge is 0.416 e. The highest BCUT2D eigenvalue weighted by atomic mass is 19.4. The van der Waals surface area contributed by atoms with Crippen LogP contribution < -0.4 is 5.32 Å². The summed E-state index contributed by atoms with van der Waals surface area (Å²) in [5.41, 5.74) is 1.26. The summed E-state index contributed by atoms with van der Waals surface area (Å²) < 4.78 is 40.6. The van der Waals surface area contributed by atoms with Gasteiger partial charge >= 0.3 is 6.18 Å². The lowest BCUT2D eigenvalue weighted by Gasteiger charge is -2.07. The maximum Gasteiger partial charge on any atom is 0.416 e. The summed E-state index contributed by atoms with van der Waals surface area (Å²) in [5, 5.41) is 2.79. The van der Waals surface area contributed by atoms with Gasteiger partial charge in [-0.2, -0.15) is 13.2 Å². The van der Waals surface area contributed by atoms with Crippen LogP contribution in [0, 0.1) is 0 Å². The molecule has 4 aromatic rings. The molecule has 2 aromatic heterocycles. The number of anilines is 1. The van der Waals surface area contributed by atoms with Gasteiger partial charge in [-0.15, -0.1) is 0 Å². The molecule has 1 N–H and O–H groups in total. The quantitative estimate of drug-likeness (QED) is 0.525. The number of nitrogens with one attached hydrogen (secondary N) is 1. The number of imidazole rings is 1. The molecule has 0 aliphatic carbocycles. The summed E-state index contributed by atoms with van der Waals surface area (Å²) in [6.07, 6.45) is -1.14. The SMILES string of the molecule is O=C(Nc1ccccc1)c1cccn2cc(-c3cccc(C(F)(F)F)c3)nc12. The summed E-state index contributed by atoms with van der Waals surface area (Å²) in [6, 6.07) is 17.2. The number of pyridine rings is 1. The van der Waals surface area contributed by atoms with Crippen LogP contribution in [-0.4, -0.2) is 15.3 Å². The molecule has 0 radical (unpaired) electrons. The number of nitrogens with zero attached hydrogens (tertiary/aromatic N) is 2. The molecule has 0 atom stereocenters. The Morgan fingerprint density at radius 3 is 2.50 bits per heavy atom. The third-order valence-electron chi connectivity index (χ3n) is 4.24. The number of carbonyl (C=O) groups excluding carboxylic acids is 1. The smallest absolute Gasteiger partial charge is 0.322 e. The van der Waals surface area contributed by atoms with Crippen LogP contribution in [-0.2, 0) is 6.18 Å². The van der Waals surface area contributed by atoms with Gasteiger partial charge in [-0.1, -0.05) is 30.3 Å². The maximum atomic E-state index is 13.0. The molecule has 2 heterocycles. The van der Waals surface area contributed by atoms with Crippen LogP contribution in [0.3, 0.4) is 0 Å². The number of fused-ring (bicyclic) bond motifs is 1. The Bertz CT molecular complexity index is 1150. The predicted octanol–water partition coefficient (Wildman–Crippen LogP) is 5.27. The summed E-state index contributed by atoms with van der Waals surface area (Å²) in [4.78, 5) is 17.0. The minimum absolute atomic E-state index is 0.324. The fraction of sp³-hybridized carbons (Fsp3) is 0.0476. The van der Waals surface area contributed by atoms with E-state index in [1.165, 1.54) is 6.07 Å². The van der Waals surface area contributed by atoms with Gasteiger partial charge in [0.05, 0.1) is 16.8 Å². The van der Waals surface area contributed by atoms with Crippen molar-refractivity contribution < 1.29 is 18.0 Å². The lowest BCUT2D eigenvalue weighted by Crippen LogP contribution is -2.13. The van der Waals surface area contributed by atoms with Gasteiger partial charge in [0.2, 0.25) is 0 Å². The highest BCUT2D eigenvalue weighted by molar-refractivity contribution is 6.08. The van der Waals surface area contributed by atoms with Crippen molar-refractivity contribution in [2.45, 2.75) is 6.18 Å². The third-order valence-corrected chi connectivity index (χ3v) is 4.24. The molecule has 0 aliphatic heterocycles. The Balaban J connectivity index is 1.73. The van der Waals surface area contributed by atoms with Crippen molar-refractivity contribution >= 4 is 17.2 Å². The van der Waals surface area contributed by atoms with Gasteiger partial charge in [-0.05, 0) is 36.4 Å². The second kappa shape index (κ2) is 6.84. The van der Waals surface area contributed by atoms with Crippen molar-refractivity contribution in [3.63, 3.8) is 0 Å². The van der Waals surface area contributed by atoms with E-state index < -0.39 is 11.7 Å². The van der Waals surface area contributed by atoms with Gasteiger partial charge in [0.15, 0.2) is 0 Å². The van der Waals surface area contributed by atoms with Crippen LogP contribution in [0.4, 0.5) is 18.9 Å². The van der Waals surface area contributed by atoms with Crippen LogP contribution in [0.5, 0.6) is 0 Å². The van der Waals surface area contributed by atoms with Gasteiger partial charge in [0.25, 0.3) is 5.91 Å². The van der Waals surface area contributed by atoms with Crippen molar-refractivity contribution in [1.82, 2.24) is 9.38 Å². The summed E-state index contributed by atoms with van der Waals surface area (Å²) in [7, 11) is 0. The van der Waals surface area contributed by atoms with E-state index in [9.17, 15) is 18.0 Å².